The van der Waals surface area contributed by atoms with E-state index in [1.165, 1.54) is 43.9 Å². The third-order valence-corrected chi connectivity index (χ3v) is 12.7. The summed E-state index contributed by atoms with van der Waals surface area (Å²) in [6.07, 6.45) is -3.41. The number of hydrogen-bond donors (Lipinski definition) is 4. The summed E-state index contributed by atoms with van der Waals surface area (Å²) in [6.45, 7) is 2.55. The zero-order valence-electron chi connectivity index (χ0n) is 21.1. The van der Waals surface area contributed by atoms with Crippen molar-refractivity contribution in [3.8, 4) is 0 Å². The number of amides is 2. The molecule has 0 radical (unpaired) electrons. The molecule has 220 valence electrons. The quantitative estimate of drug-likeness (QED) is 0.153. The Balaban J connectivity index is 0.000000344. The summed E-state index contributed by atoms with van der Waals surface area (Å²) >= 11 is -1.38. The molecule has 20 heteroatoms. The van der Waals surface area contributed by atoms with Gasteiger partial charge in [-0.1, -0.05) is 0 Å². The molecular formula is C19H29F3N6O8PSSb. The molecule has 14 nitrogen and oxygen atoms in total. The van der Waals surface area contributed by atoms with Gasteiger partial charge in [-0.3, -0.25) is 14.0 Å². The number of aryl methyl sites for hydroxylation is 1. The smallest absolute Gasteiger partial charge is 0.366 e. The van der Waals surface area contributed by atoms with Crippen molar-refractivity contribution in [1.29, 1.82) is 0 Å². The van der Waals surface area contributed by atoms with E-state index in [-0.39, 0.29) is 36.1 Å². The van der Waals surface area contributed by atoms with Gasteiger partial charge in [0.2, 0.25) is 0 Å². The van der Waals surface area contributed by atoms with Crippen LogP contribution in [-0.4, -0.2) is 90.1 Å². The molecular weight excluding hydrogens is 682 g/mol. The van der Waals surface area contributed by atoms with E-state index in [9.17, 15) is 22.8 Å². The normalized spacial score (nSPS) is 13.9. The predicted octanol–water partition coefficient (Wildman–Crippen LogP) is 2.46. The van der Waals surface area contributed by atoms with Crippen LogP contribution in [0.25, 0.3) is 0 Å². The maximum Gasteiger partial charge on any atom is 0.411 e. The molecule has 3 rings (SSSR count). The second-order valence-corrected chi connectivity index (χ2v) is 18.5. The molecule has 1 fully saturated rings. The molecule has 0 aliphatic carbocycles. The van der Waals surface area contributed by atoms with E-state index in [0.29, 0.717) is 0 Å². The van der Waals surface area contributed by atoms with Crippen LogP contribution in [0.5, 0.6) is 0 Å². The first-order valence-corrected chi connectivity index (χ1v) is 19.7. The topological polar surface area (TPSA) is 171 Å². The Morgan fingerprint density at radius 3 is 2.72 bits per heavy atom. The summed E-state index contributed by atoms with van der Waals surface area (Å²) < 4.78 is 59.9. The van der Waals surface area contributed by atoms with Crippen LogP contribution < -0.4 is 10.6 Å². The average molecular weight is 711 g/mol. The van der Waals surface area contributed by atoms with Crippen molar-refractivity contribution in [2.45, 2.75) is 43.8 Å². The number of carbonyl (C=O) groups is 2. The first-order chi connectivity index (χ1) is 18.3. The molecule has 3 heterocycles. The number of rotatable bonds is 11. The maximum absolute atomic E-state index is 12.3. The van der Waals surface area contributed by atoms with Gasteiger partial charge in [-0.15, -0.1) is 0 Å². The van der Waals surface area contributed by atoms with E-state index in [1.807, 2.05) is 13.8 Å². The van der Waals surface area contributed by atoms with Gasteiger partial charge in [0, 0.05) is 13.1 Å². The molecule has 0 aromatic carbocycles. The summed E-state index contributed by atoms with van der Waals surface area (Å²) in [6, 6.07) is 2.88. The first-order valence-electron chi connectivity index (χ1n) is 11.1. The van der Waals surface area contributed by atoms with E-state index >= 15 is 0 Å². The number of halogens is 3. The van der Waals surface area contributed by atoms with Crippen molar-refractivity contribution in [1.82, 2.24) is 24.9 Å². The zero-order chi connectivity index (χ0) is 29.0. The molecule has 0 spiro atoms. The Hall–Kier alpha value is -1.65. The Labute approximate surface area is 233 Å². The molecule has 0 saturated carbocycles. The third-order valence-electron chi connectivity index (χ3n) is 4.28. The van der Waals surface area contributed by atoms with Gasteiger partial charge in [-0.2, -0.15) is 23.4 Å². The van der Waals surface area contributed by atoms with Crippen LogP contribution in [0, 0.1) is 0 Å². The molecule has 0 atom stereocenters. The predicted molar refractivity (Wildman–Crippen MR) is 135 cm³/mol. The van der Waals surface area contributed by atoms with Crippen molar-refractivity contribution in [3.05, 3.63) is 29.7 Å². The third kappa shape index (κ3) is 13.5. The number of anilines is 1. The molecule has 2 aromatic heterocycles. The SMILES string of the molecule is CC(C)NC(=O)O[S][Sb]1[CH2]CO[CH2]1.Cn1nc(COCC(F)(F)F)cc1C(=O)Nc1ccnn1COP(O)O. The Bertz CT molecular complexity index is 1050. The number of alkyl halides is 3. The molecule has 2 amide bonds. The number of ether oxygens (including phenoxy) is 2. The van der Waals surface area contributed by atoms with Crippen LogP contribution in [0.2, 0.25) is 4.37 Å². The Kier molecular flexibility index (Phi) is 14.3. The number of aromatic nitrogens is 4. The minimum atomic E-state index is -4.45. The van der Waals surface area contributed by atoms with E-state index in [4.69, 9.17) is 18.7 Å². The Morgan fingerprint density at radius 1 is 1.36 bits per heavy atom. The first kappa shape index (κ1) is 33.6. The fourth-order valence-corrected chi connectivity index (χ4v) is 9.02. The molecule has 4 N–H and O–H groups in total. The van der Waals surface area contributed by atoms with Gasteiger partial charge in [-0.25, -0.2) is 4.68 Å². The minimum absolute atomic E-state index is 0.0795. The summed E-state index contributed by atoms with van der Waals surface area (Å²) in [5.41, 5.74) is 0.237. The van der Waals surface area contributed by atoms with Crippen LogP contribution in [0.1, 0.15) is 30.0 Å². The molecule has 1 saturated heterocycles. The number of nitrogens with one attached hydrogen (secondary N) is 2. The Morgan fingerprint density at radius 2 is 2.10 bits per heavy atom. The maximum atomic E-state index is 12.3. The minimum Gasteiger partial charge on any atom is -0.366 e. The number of hydrogen-bond acceptors (Lipinski definition) is 11. The average Bonchev–Trinajstić information content (AvgIpc) is 3.57. The standard InChI is InChI=1S/C12H15F3N5O5P.C4H9NO2S.C3H6O.Sb/c1-19-9(4-8(18-19)5-24-6-12(13,14)15)11(21)17-10-2-3-16-20(10)7-25-26(22)23;1-3(2)5-4(6)7-8;1-3-4-2;/h2-4,22-23H,5-7H2,1H3,(H,17,21);3,8H,1-2H3,(H,5,6);1-3H2;/q;;;+1/p-1. The van der Waals surface area contributed by atoms with E-state index in [1.54, 1.807) is 0 Å². The molecule has 0 bridgehead atoms. The van der Waals surface area contributed by atoms with Crippen molar-refractivity contribution in [3.63, 3.8) is 0 Å². The van der Waals surface area contributed by atoms with Gasteiger partial charge in [-0.05, 0) is 6.07 Å². The van der Waals surface area contributed by atoms with Gasteiger partial charge in [0.25, 0.3) is 5.91 Å². The fraction of sp³-hybridized carbons (Fsp3) is 0.579. The summed E-state index contributed by atoms with van der Waals surface area (Å²) in [7, 11) is 0.252. The summed E-state index contributed by atoms with van der Waals surface area (Å²) in [5.74, 6) is -0.387. The van der Waals surface area contributed by atoms with Crippen LogP contribution in [0.4, 0.5) is 23.8 Å². The largest absolute Gasteiger partial charge is 0.411 e. The van der Waals surface area contributed by atoms with E-state index in [2.05, 4.69) is 30.1 Å². The number of carbonyl (C=O) groups excluding carboxylic acids is 2. The van der Waals surface area contributed by atoms with Crippen LogP contribution in [0.3, 0.4) is 0 Å². The van der Waals surface area contributed by atoms with Crippen LogP contribution in [0.15, 0.2) is 18.3 Å². The number of nitrogens with zero attached hydrogens (tertiary/aromatic N) is 4. The van der Waals surface area contributed by atoms with Gasteiger partial charge in [0.05, 0.1) is 18.5 Å². The van der Waals surface area contributed by atoms with Gasteiger partial charge < -0.3 is 19.8 Å². The molecule has 39 heavy (non-hydrogen) atoms. The van der Waals surface area contributed by atoms with Gasteiger partial charge in [0.15, 0.2) is 0 Å². The molecule has 2 aromatic rings. The molecule has 1 aliphatic rings. The van der Waals surface area contributed by atoms with Gasteiger partial charge >= 0.3 is 103 Å². The van der Waals surface area contributed by atoms with Crippen LogP contribution in [-0.2, 0) is 38.6 Å². The van der Waals surface area contributed by atoms with Crippen molar-refractivity contribution < 1.29 is 50.7 Å². The zero-order valence-corrected chi connectivity index (χ0v) is 25.4. The summed E-state index contributed by atoms with van der Waals surface area (Å²) in [4.78, 5) is 40.8. The summed E-state index contributed by atoms with van der Waals surface area (Å²) in [5, 5.41) is 12.9. The van der Waals surface area contributed by atoms with Crippen LogP contribution >= 0.6 is 17.7 Å². The van der Waals surface area contributed by atoms with Gasteiger partial charge in [0.1, 0.15) is 24.8 Å². The monoisotopic (exact) mass is 710 g/mol. The molecule has 1 aliphatic heterocycles. The van der Waals surface area contributed by atoms with Crippen molar-refractivity contribution in [2.75, 3.05) is 23.1 Å². The van der Waals surface area contributed by atoms with Crippen molar-refractivity contribution >= 4 is 54.4 Å². The second-order valence-electron chi connectivity index (χ2n) is 7.92. The fourth-order valence-electron chi connectivity index (χ4n) is 2.71. The van der Waals surface area contributed by atoms with Crippen molar-refractivity contribution in [2.24, 2.45) is 7.05 Å². The van der Waals surface area contributed by atoms with E-state index < -0.39 is 52.7 Å². The molecule has 0 unspecified atom stereocenters. The van der Waals surface area contributed by atoms with E-state index in [0.717, 1.165) is 15.5 Å². The second kappa shape index (κ2) is 16.6.